The minimum Gasteiger partial charge on any atom is -0.469 e. The first kappa shape index (κ1) is 16.9. The van der Waals surface area contributed by atoms with Crippen LogP contribution < -0.4 is 5.32 Å². The molecule has 0 aliphatic heterocycles. The SMILES string of the molecule is COC(=O)CCCCCNc1ccc(C(=O)OC)c(C)n1. The molecule has 0 unspecified atom stereocenters. The molecule has 0 spiro atoms. The van der Waals surface area contributed by atoms with Crippen LogP contribution in [0.5, 0.6) is 0 Å². The van der Waals surface area contributed by atoms with Crippen molar-refractivity contribution in [2.24, 2.45) is 0 Å². The molecule has 116 valence electrons. The lowest BCUT2D eigenvalue weighted by atomic mass is 10.2. The Bertz CT molecular complexity index is 489. The number of nitrogens with zero attached hydrogens (tertiary/aromatic N) is 1. The van der Waals surface area contributed by atoms with Crippen LogP contribution in [0.2, 0.25) is 0 Å². The van der Waals surface area contributed by atoms with Crippen molar-refractivity contribution in [2.75, 3.05) is 26.1 Å². The van der Waals surface area contributed by atoms with Crippen molar-refractivity contribution in [3.63, 3.8) is 0 Å². The van der Waals surface area contributed by atoms with Crippen LogP contribution in [0.25, 0.3) is 0 Å². The summed E-state index contributed by atoms with van der Waals surface area (Å²) in [4.78, 5) is 26.7. The smallest absolute Gasteiger partial charge is 0.339 e. The summed E-state index contributed by atoms with van der Waals surface area (Å²) in [6.07, 6.45) is 3.17. The molecule has 0 aliphatic rings. The number of unbranched alkanes of at least 4 members (excludes halogenated alkanes) is 2. The number of hydrogen-bond acceptors (Lipinski definition) is 6. The first-order chi connectivity index (χ1) is 10.1. The van der Waals surface area contributed by atoms with Crippen LogP contribution in [0.4, 0.5) is 5.82 Å². The van der Waals surface area contributed by atoms with Crippen molar-refractivity contribution < 1.29 is 19.1 Å². The molecule has 1 aromatic heterocycles. The topological polar surface area (TPSA) is 77.5 Å². The molecule has 6 nitrogen and oxygen atoms in total. The third-order valence-corrected chi connectivity index (χ3v) is 3.08. The molecule has 0 saturated heterocycles. The maximum atomic E-state index is 11.4. The Labute approximate surface area is 124 Å². The molecule has 1 rings (SSSR count). The van der Waals surface area contributed by atoms with E-state index in [1.165, 1.54) is 14.2 Å². The highest BCUT2D eigenvalue weighted by Gasteiger charge is 2.10. The van der Waals surface area contributed by atoms with Gasteiger partial charge in [-0.05, 0) is 31.9 Å². The van der Waals surface area contributed by atoms with Crippen LogP contribution in [0.1, 0.15) is 41.7 Å². The number of aromatic nitrogens is 1. The van der Waals surface area contributed by atoms with E-state index in [2.05, 4.69) is 19.8 Å². The number of methoxy groups -OCH3 is 2. The zero-order valence-electron chi connectivity index (χ0n) is 12.8. The lowest BCUT2D eigenvalue weighted by Gasteiger charge is -2.08. The summed E-state index contributed by atoms with van der Waals surface area (Å²) in [5.41, 5.74) is 1.11. The summed E-state index contributed by atoms with van der Waals surface area (Å²) in [6.45, 7) is 2.54. The van der Waals surface area contributed by atoms with Gasteiger partial charge in [0.15, 0.2) is 0 Å². The van der Waals surface area contributed by atoms with Crippen LogP contribution in [-0.2, 0) is 14.3 Å². The van der Waals surface area contributed by atoms with Gasteiger partial charge in [0.05, 0.1) is 25.5 Å². The Hall–Kier alpha value is -2.11. The van der Waals surface area contributed by atoms with E-state index in [4.69, 9.17) is 0 Å². The third kappa shape index (κ3) is 5.81. The van der Waals surface area contributed by atoms with E-state index in [0.717, 1.165) is 31.6 Å². The molecular formula is C15H22N2O4. The predicted octanol–water partition coefficient (Wildman–Crippen LogP) is 2.32. The molecule has 0 bridgehead atoms. The monoisotopic (exact) mass is 294 g/mol. The molecule has 1 aromatic rings. The third-order valence-electron chi connectivity index (χ3n) is 3.08. The van der Waals surface area contributed by atoms with Gasteiger partial charge in [0, 0.05) is 13.0 Å². The predicted molar refractivity (Wildman–Crippen MR) is 79.3 cm³/mol. The summed E-state index contributed by atoms with van der Waals surface area (Å²) in [7, 11) is 2.75. The number of hydrogen-bond donors (Lipinski definition) is 1. The number of aryl methyl sites for hydroxylation is 1. The van der Waals surface area contributed by atoms with E-state index >= 15 is 0 Å². The summed E-state index contributed by atoms with van der Waals surface area (Å²) < 4.78 is 9.25. The van der Waals surface area contributed by atoms with E-state index in [-0.39, 0.29) is 11.9 Å². The standard InChI is InChI=1S/C15H22N2O4/c1-11-12(15(19)21-3)8-9-13(17-11)16-10-6-4-5-7-14(18)20-2/h8-9H,4-7,10H2,1-3H3,(H,16,17). The van der Waals surface area contributed by atoms with Gasteiger partial charge in [-0.3, -0.25) is 4.79 Å². The van der Waals surface area contributed by atoms with E-state index < -0.39 is 0 Å². The minimum atomic E-state index is -0.380. The average Bonchev–Trinajstić information content (AvgIpc) is 2.49. The molecule has 0 aromatic carbocycles. The summed E-state index contributed by atoms with van der Waals surface area (Å²) in [6, 6.07) is 3.46. The molecule has 0 saturated carbocycles. The Morgan fingerprint density at radius 3 is 2.52 bits per heavy atom. The molecule has 21 heavy (non-hydrogen) atoms. The van der Waals surface area contributed by atoms with E-state index in [0.29, 0.717) is 17.7 Å². The van der Waals surface area contributed by atoms with Crippen molar-refractivity contribution in [1.29, 1.82) is 0 Å². The number of carbonyl (C=O) groups excluding carboxylic acids is 2. The Morgan fingerprint density at radius 2 is 1.90 bits per heavy atom. The second-order valence-corrected chi connectivity index (χ2v) is 4.63. The molecular weight excluding hydrogens is 272 g/mol. The molecule has 0 aliphatic carbocycles. The van der Waals surface area contributed by atoms with E-state index in [9.17, 15) is 9.59 Å². The number of esters is 2. The van der Waals surface area contributed by atoms with Crippen LogP contribution in [-0.4, -0.2) is 37.7 Å². The number of anilines is 1. The fourth-order valence-corrected chi connectivity index (χ4v) is 1.87. The molecule has 0 radical (unpaired) electrons. The normalized spacial score (nSPS) is 10.0. The maximum Gasteiger partial charge on any atom is 0.339 e. The van der Waals surface area contributed by atoms with E-state index in [1.807, 2.05) is 0 Å². The number of rotatable bonds is 8. The number of nitrogens with one attached hydrogen (secondary N) is 1. The quantitative estimate of drug-likeness (QED) is 0.585. The van der Waals surface area contributed by atoms with Crippen molar-refractivity contribution in [1.82, 2.24) is 4.98 Å². The zero-order valence-corrected chi connectivity index (χ0v) is 12.8. The van der Waals surface area contributed by atoms with Crippen LogP contribution in [0.15, 0.2) is 12.1 Å². The van der Waals surface area contributed by atoms with E-state index in [1.54, 1.807) is 19.1 Å². The largest absolute Gasteiger partial charge is 0.469 e. The zero-order chi connectivity index (χ0) is 15.7. The molecule has 1 heterocycles. The van der Waals surface area contributed by atoms with Gasteiger partial charge < -0.3 is 14.8 Å². The highest BCUT2D eigenvalue weighted by molar-refractivity contribution is 5.90. The summed E-state index contributed by atoms with van der Waals surface area (Å²) >= 11 is 0. The average molecular weight is 294 g/mol. The van der Waals surface area contributed by atoms with Gasteiger partial charge in [-0.25, -0.2) is 9.78 Å². The van der Waals surface area contributed by atoms with Crippen molar-refractivity contribution in [3.05, 3.63) is 23.4 Å². The Balaban J connectivity index is 2.31. The van der Waals surface area contributed by atoms with Crippen LogP contribution >= 0.6 is 0 Å². The number of carbonyl (C=O) groups is 2. The van der Waals surface area contributed by atoms with Gasteiger partial charge in [0.25, 0.3) is 0 Å². The van der Waals surface area contributed by atoms with Crippen molar-refractivity contribution in [2.45, 2.75) is 32.6 Å². The minimum absolute atomic E-state index is 0.168. The molecule has 0 atom stereocenters. The second-order valence-electron chi connectivity index (χ2n) is 4.63. The summed E-state index contributed by atoms with van der Waals surface area (Å²) in [5, 5.41) is 3.19. The number of pyridine rings is 1. The first-order valence-electron chi connectivity index (χ1n) is 6.95. The Kier molecular flexibility index (Phi) is 7.21. The van der Waals surface area contributed by atoms with Gasteiger partial charge >= 0.3 is 11.9 Å². The maximum absolute atomic E-state index is 11.4. The van der Waals surface area contributed by atoms with Crippen LogP contribution in [0.3, 0.4) is 0 Å². The summed E-state index contributed by atoms with van der Waals surface area (Å²) in [5.74, 6) is 0.182. The van der Waals surface area contributed by atoms with Crippen LogP contribution in [0, 0.1) is 6.92 Å². The first-order valence-corrected chi connectivity index (χ1v) is 6.95. The fourth-order valence-electron chi connectivity index (χ4n) is 1.87. The Morgan fingerprint density at radius 1 is 1.14 bits per heavy atom. The highest BCUT2D eigenvalue weighted by Crippen LogP contribution is 2.12. The van der Waals surface area contributed by atoms with Crippen molar-refractivity contribution in [3.8, 4) is 0 Å². The van der Waals surface area contributed by atoms with Gasteiger partial charge in [0.1, 0.15) is 5.82 Å². The van der Waals surface area contributed by atoms with Gasteiger partial charge in [0.2, 0.25) is 0 Å². The molecule has 0 fully saturated rings. The number of ether oxygens (including phenoxy) is 2. The fraction of sp³-hybridized carbons (Fsp3) is 0.533. The van der Waals surface area contributed by atoms with Gasteiger partial charge in [-0.15, -0.1) is 0 Å². The van der Waals surface area contributed by atoms with Gasteiger partial charge in [-0.1, -0.05) is 6.42 Å². The second kappa shape index (κ2) is 8.94. The lowest BCUT2D eigenvalue weighted by Crippen LogP contribution is -2.09. The highest BCUT2D eigenvalue weighted by atomic mass is 16.5. The molecule has 0 amide bonds. The lowest BCUT2D eigenvalue weighted by molar-refractivity contribution is -0.140. The van der Waals surface area contributed by atoms with Crippen molar-refractivity contribution >= 4 is 17.8 Å². The molecule has 1 N–H and O–H groups in total. The molecule has 6 heteroatoms. The van der Waals surface area contributed by atoms with Gasteiger partial charge in [-0.2, -0.15) is 0 Å².